The Bertz CT molecular complexity index is 247. The number of fused-ring (bicyclic) bond motifs is 2. The number of Topliss-reactive ketones (excluding diaryl/α,β-unsaturated/α-hetero) is 1. The Kier molecular flexibility index (Phi) is 1.76. The van der Waals surface area contributed by atoms with Gasteiger partial charge in [0.05, 0.1) is 0 Å². The molecule has 0 N–H and O–H groups in total. The molecule has 3 saturated carbocycles. The molecule has 0 saturated heterocycles. The van der Waals surface area contributed by atoms with E-state index in [1.807, 2.05) is 13.8 Å². The monoisotopic (exact) mass is 188 g/mol. The molecule has 2 bridgehead atoms. The number of hydrogen-bond acceptors (Lipinski definition) is 1. The van der Waals surface area contributed by atoms with Crippen LogP contribution in [0.25, 0.3) is 0 Å². The number of rotatable bonds is 1. The maximum Gasteiger partial charge on any atom is 0.242 e. The van der Waals surface area contributed by atoms with Gasteiger partial charge in [-0.1, -0.05) is 13.8 Å². The molecule has 0 radical (unpaired) electrons. The van der Waals surface area contributed by atoms with Crippen LogP contribution in [0.5, 0.6) is 0 Å². The molecule has 0 aromatic heterocycles. The van der Waals surface area contributed by atoms with Crippen molar-refractivity contribution in [1.29, 1.82) is 0 Å². The number of carbonyl (C=O) groups excluding carboxylic acids is 1. The zero-order chi connectivity index (χ0) is 9.80. The second kappa shape index (κ2) is 2.52. The predicted octanol–water partition coefficient (Wildman–Crippen LogP) is 2.50. The molecule has 3 heteroatoms. The summed E-state index contributed by atoms with van der Waals surface area (Å²) in [6.45, 7) is 3.89. The normalized spacial score (nSPS) is 41.9. The molecule has 3 aliphatic rings. The van der Waals surface area contributed by atoms with Crippen molar-refractivity contribution in [2.75, 3.05) is 0 Å². The van der Waals surface area contributed by atoms with Crippen LogP contribution in [0.1, 0.15) is 26.7 Å². The average Bonchev–Trinajstić information content (AvgIpc) is 2.03. The molecule has 3 rings (SSSR count). The van der Waals surface area contributed by atoms with Gasteiger partial charge in [-0.05, 0) is 18.3 Å². The summed E-state index contributed by atoms with van der Waals surface area (Å²) < 4.78 is 25.1. The number of carbonyl (C=O) groups is 1. The Hall–Kier alpha value is -0.470. The second-order valence-electron chi connectivity index (χ2n) is 4.83. The molecule has 0 aliphatic heterocycles. The fraction of sp³-hybridized carbons (Fsp3) is 0.900. The van der Waals surface area contributed by atoms with Crippen LogP contribution in [0.3, 0.4) is 0 Å². The lowest BCUT2D eigenvalue weighted by molar-refractivity contribution is -0.177. The van der Waals surface area contributed by atoms with Gasteiger partial charge >= 0.3 is 0 Å². The SMILES string of the molecule is CC1(C)[C@@H]2CC[C@H](C(F)F)[C@H]1C2=O. The van der Waals surface area contributed by atoms with Gasteiger partial charge in [0, 0.05) is 17.8 Å². The highest BCUT2D eigenvalue weighted by molar-refractivity contribution is 5.92. The third-order valence-electron chi connectivity index (χ3n) is 3.89. The number of ketones is 1. The van der Waals surface area contributed by atoms with E-state index in [0.717, 1.165) is 0 Å². The highest BCUT2D eigenvalue weighted by Gasteiger charge is 2.62. The maximum atomic E-state index is 12.6. The van der Waals surface area contributed by atoms with Crippen molar-refractivity contribution >= 4 is 5.78 Å². The lowest BCUT2D eigenvalue weighted by Gasteiger charge is -2.57. The van der Waals surface area contributed by atoms with Gasteiger partial charge in [0.15, 0.2) is 0 Å². The van der Waals surface area contributed by atoms with Gasteiger partial charge in [0.1, 0.15) is 5.78 Å². The van der Waals surface area contributed by atoms with Crippen LogP contribution in [0, 0.1) is 23.2 Å². The van der Waals surface area contributed by atoms with E-state index < -0.39 is 12.3 Å². The summed E-state index contributed by atoms with van der Waals surface area (Å²) in [6, 6.07) is 0. The first-order valence-corrected chi connectivity index (χ1v) is 4.78. The van der Waals surface area contributed by atoms with E-state index in [2.05, 4.69) is 0 Å². The molecule has 13 heavy (non-hydrogen) atoms. The second-order valence-corrected chi connectivity index (χ2v) is 4.83. The summed E-state index contributed by atoms with van der Waals surface area (Å²) in [5.74, 6) is -0.896. The molecular formula is C10H14F2O. The molecule has 1 nitrogen and oxygen atoms in total. The van der Waals surface area contributed by atoms with Gasteiger partial charge in [-0.3, -0.25) is 4.79 Å². The molecule has 0 heterocycles. The lowest BCUT2D eigenvalue weighted by Crippen LogP contribution is -2.61. The van der Waals surface area contributed by atoms with Crippen LogP contribution < -0.4 is 0 Å². The summed E-state index contributed by atoms with van der Waals surface area (Å²) in [5, 5.41) is 0. The first kappa shape index (κ1) is 9.10. The molecule has 74 valence electrons. The highest BCUT2D eigenvalue weighted by atomic mass is 19.3. The Balaban J connectivity index is 2.23. The average molecular weight is 188 g/mol. The minimum atomic E-state index is -2.32. The van der Waals surface area contributed by atoms with Gasteiger partial charge in [-0.25, -0.2) is 8.78 Å². The Labute approximate surface area is 76.5 Å². The van der Waals surface area contributed by atoms with Gasteiger partial charge in [0.25, 0.3) is 0 Å². The molecule has 0 unspecified atom stereocenters. The van der Waals surface area contributed by atoms with Gasteiger partial charge in [-0.15, -0.1) is 0 Å². The lowest BCUT2D eigenvalue weighted by atomic mass is 9.45. The van der Waals surface area contributed by atoms with Crippen molar-refractivity contribution < 1.29 is 13.6 Å². The smallest absolute Gasteiger partial charge is 0.242 e. The van der Waals surface area contributed by atoms with E-state index >= 15 is 0 Å². The summed E-state index contributed by atoms with van der Waals surface area (Å²) in [4.78, 5) is 11.4. The molecule has 0 aromatic rings. The molecule has 0 aromatic carbocycles. The Morgan fingerprint density at radius 1 is 1.38 bits per heavy atom. The van der Waals surface area contributed by atoms with Gasteiger partial charge < -0.3 is 0 Å². The van der Waals surface area contributed by atoms with Crippen molar-refractivity contribution in [3.63, 3.8) is 0 Å². The van der Waals surface area contributed by atoms with E-state index in [0.29, 0.717) is 12.8 Å². The van der Waals surface area contributed by atoms with Crippen LogP contribution in [0.2, 0.25) is 0 Å². The van der Waals surface area contributed by atoms with E-state index in [4.69, 9.17) is 0 Å². The zero-order valence-electron chi connectivity index (χ0n) is 7.89. The molecular weight excluding hydrogens is 174 g/mol. The van der Waals surface area contributed by atoms with Gasteiger partial charge in [-0.2, -0.15) is 0 Å². The zero-order valence-corrected chi connectivity index (χ0v) is 7.89. The van der Waals surface area contributed by atoms with E-state index in [9.17, 15) is 13.6 Å². The molecule has 3 atom stereocenters. The predicted molar refractivity (Wildman–Crippen MR) is 44.5 cm³/mol. The van der Waals surface area contributed by atoms with Crippen molar-refractivity contribution in [3.8, 4) is 0 Å². The third-order valence-corrected chi connectivity index (χ3v) is 3.89. The largest absolute Gasteiger partial charge is 0.299 e. The standard InChI is InChI=1S/C10H14F2O/c1-10(2)6-4-3-5(9(11)12)7(10)8(6)13/h5-7,9H,3-4H2,1-2H3/t5-,6+,7-/m0/s1. The first-order valence-electron chi connectivity index (χ1n) is 4.78. The molecule has 3 fully saturated rings. The molecule has 3 aliphatic carbocycles. The van der Waals surface area contributed by atoms with Crippen LogP contribution in [0.15, 0.2) is 0 Å². The van der Waals surface area contributed by atoms with Crippen molar-refractivity contribution in [3.05, 3.63) is 0 Å². The van der Waals surface area contributed by atoms with E-state index in [1.54, 1.807) is 0 Å². The summed E-state index contributed by atoms with van der Waals surface area (Å²) in [7, 11) is 0. The molecule has 0 amide bonds. The summed E-state index contributed by atoms with van der Waals surface area (Å²) >= 11 is 0. The summed E-state index contributed by atoms with van der Waals surface area (Å²) in [6.07, 6.45) is -1.13. The topological polar surface area (TPSA) is 17.1 Å². The van der Waals surface area contributed by atoms with Crippen molar-refractivity contribution in [2.24, 2.45) is 23.2 Å². The van der Waals surface area contributed by atoms with Crippen LogP contribution in [-0.4, -0.2) is 12.2 Å². The maximum absolute atomic E-state index is 12.6. The Morgan fingerprint density at radius 3 is 2.31 bits per heavy atom. The first-order chi connectivity index (χ1) is 5.96. The quantitative estimate of drug-likeness (QED) is 0.618. The summed E-state index contributed by atoms with van der Waals surface area (Å²) in [5.41, 5.74) is -0.170. The van der Waals surface area contributed by atoms with Crippen molar-refractivity contribution in [1.82, 2.24) is 0 Å². The van der Waals surface area contributed by atoms with Crippen LogP contribution in [0.4, 0.5) is 8.78 Å². The highest BCUT2D eigenvalue weighted by Crippen LogP contribution is 2.59. The third kappa shape index (κ3) is 0.990. The number of hydrogen-bond donors (Lipinski definition) is 0. The van der Waals surface area contributed by atoms with E-state index in [-0.39, 0.29) is 23.0 Å². The van der Waals surface area contributed by atoms with Gasteiger partial charge in [0.2, 0.25) is 6.43 Å². The van der Waals surface area contributed by atoms with Crippen LogP contribution >= 0.6 is 0 Å². The van der Waals surface area contributed by atoms with Crippen LogP contribution in [-0.2, 0) is 4.79 Å². The fourth-order valence-corrected chi connectivity index (χ4v) is 3.14. The number of alkyl halides is 2. The Morgan fingerprint density at radius 2 is 2.00 bits per heavy atom. The minimum Gasteiger partial charge on any atom is -0.299 e. The number of halogens is 2. The van der Waals surface area contributed by atoms with Crippen molar-refractivity contribution in [2.45, 2.75) is 33.1 Å². The minimum absolute atomic E-state index is 0.0625. The fourth-order valence-electron chi connectivity index (χ4n) is 3.14. The van der Waals surface area contributed by atoms with E-state index in [1.165, 1.54) is 0 Å². The molecule has 0 spiro atoms.